The predicted molar refractivity (Wildman–Crippen MR) is 68.3 cm³/mol. The summed E-state index contributed by atoms with van der Waals surface area (Å²) in [6, 6.07) is 12.8. The molecule has 0 amide bonds. The van der Waals surface area contributed by atoms with Crippen LogP contribution in [0.2, 0.25) is 0 Å². The molecule has 0 spiro atoms. The Morgan fingerprint density at radius 1 is 1.06 bits per heavy atom. The maximum Gasteiger partial charge on any atom is 0.270 e. The lowest BCUT2D eigenvalue weighted by Crippen LogP contribution is -2.09. The van der Waals surface area contributed by atoms with Gasteiger partial charge in [0.15, 0.2) is 5.69 Å². The Morgan fingerprint density at radius 2 is 1.82 bits per heavy atom. The van der Waals surface area contributed by atoms with Gasteiger partial charge in [-0.1, -0.05) is 36.8 Å². The highest BCUT2D eigenvalue weighted by Crippen LogP contribution is 2.05. The number of aromatic nitrogens is 1. The second-order valence-corrected chi connectivity index (χ2v) is 3.34. The van der Waals surface area contributed by atoms with E-state index in [2.05, 4.69) is 21.7 Å². The van der Waals surface area contributed by atoms with E-state index in [9.17, 15) is 0 Å². The van der Waals surface area contributed by atoms with Crippen LogP contribution in [0.1, 0.15) is 11.3 Å². The van der Waals surface area contributed by atoms with Crippen molar-refractivity contribution in [1.29, 1.82) is 0 Å². The Balaban J connectivity index is 2.37. The van der Waals surface area contributed by atoms with Crippen molar-refractivity contribution in [2.45, 2.75) is 0 Å². The number of nitrogens with zero attached hydrogens (tertiary/aromatic N) is 2. The molecule has 0 unspecified atom stereocenters. The monoisotopic (exact) mass is 214 g/mol. The highest BCUT2D eigenvalue weighted by Gasteiger charge is 2.01. The third kappa shape index (κ3) is 2.74. The molecular formula is C14H7BN2. The summed E-state index contributed by atoms with van der Waals surface area (Å²) in [6.07, 6.45) is 0. The smallest absolute Gasteiger partial charge is 0.270 e. The minimum Gasteiger partial charge on any atom is -0.361 e. The number of rotatable bonds is 0. The number of hydrogen-bond acceptors (Lipinski definition) is 1. The van der Waals surface area contributed by atoms with Crippen LogP contribution in [0.4, 0.5) is 5.82 Å². The zero-order valence-electron chi connectivity index (χ0n) is 9.01. The molecule has 0 aliphatic heterocycles. The van der Waals surface area contributed by atoms with Gasteiger partial charge in [0.2, 0.25) is 0 Å². The molecule has 17 heavy (non-hydrogen) atoms. The van der Waals surface area contributed by atoms with Crippen LogP contribution in [0.25, 0.3) is 4.85 Å². The minimum atomic E-state index is 0.302. The van der Waals surface area contributed by atoms with Crippen LogP contribution in [-0.4, -0.2) is 12.8 Å². The van der Waals surface area contributed by atoms with E-state index in [-0.39, 0.29) is 0 Å². The van der Waals surface area contributed by atoms with Crippen LogP contribution in [0.5, 0.6) is 0 Å². The molecule has 76 valence electrons. The maximum absolute atomic E-state index is 6.88. The predicted octanol–water partition coefficient (Wildman–Crippen LogP) is 1.83. The molecule has 1 aromatic heterocycles. The highest BCUT2D eigenvalue weighted by molar-refractivity contribution is 6.33. The topological polar surface area (TPSA) is 17.2 Å². The molecule has 0 N–H and O–H groups in total. The standard InChI is InChI=1S/C14H7BN2/c1-16-14-10-8-12(15)13(17-14)9-7-11-5-3-2-4-6-11/h2-6,8,10H. The summed E-state index contributed by atoms with van der Waals surface area (Å²) in [5.74, 6) is 6.13. The van der Waals surface area contributed by atoms with Crippen LogP contribution >= 0.6 is 0 Å². The molecule has 0 aliphatic carbocycles. The fraction of sp³-hybridized carbons (Fsp3) is 0. The first-order valence-corrected chi connectivity index (χ1v) is 5.00. The molecule has 3 heteroatoms. The van der Waals surface area contributed by atoms with Crippen LogP contribution in [0.15, 0.2) is 42.5 Å². The van der Waals surface area contributed by atoms with Gasteiger partial charge in [0, 0.05) is 5.56 Å². The first-order chi connectivity index (χ1) is 8.29. The summed E-state index contributed by atoms with van der Waals surface area (Å²) in [7, 11) is 5.74. The van der Waals surface area contributed by atoms with Gasteiger partial charge < -0.3 is 4.85 Å². The van der Waals surface area contributed by atoms with E-state index in [1.807, 2.05) is 30.3 Å². The Kier molecular flexibility index (Phi) is 3.24. The first kappa shape index (κ1) is 11.0. The van der Waals surface area contributed by atoms with Crippen molar-refractivity contribution in [2.24, 2.45) is 0 Å². The molecule has 1 heterocycles. The van der Waals surface area contributed by atoms with Gasteiger partial charge in [0.05, 0.1) is 0 Å². The van der Waals surface area contributed by atoms with Crippen molar-refractivity contribution < 1.29 is 0 Å². The van der Waals surface area contributed by atoms with E-state index in [1.165, 1.54) is 0 Å². The third-order valence-electron chi connectivity index (χ3n) is 2.13. The summed E-state index contributed by atoms with van der Waals surface area (Å²) in [6.45, 7) is 6.88. The Hall–Kier alpha value is -2.52. The number of benzene rings is 1. The van der Waals surface area contributed by atoms with Gasteiger partial charge >= 0.3 is 0 Å². The highest BCUT2D eigenvalue weighted by atomic mass is 14.9. The van der Waals surface area contributed by atoms with Crippen LogP contribution < -0.4 is 5.46 Å². The Bertz CT molecular complexity index is 631. The zero-order valence-corrected chi connectivity index (χ0v) is 9.01. The normalized spacial score (nSPS) is 8.88. The average Bonchev–Trinajstić information content (AvgIpc) is 2.39. The minimum absolute atomic E-state index is 0.302. The lowest BCUT2D eigenvalue weighted by Gasteiger charge is -1.94. The lowest BCUT2D eigenvalue weighted by molar-refractivity contribution is 1.33. The molecule has 0 saturated heterocycles. The van der Waals surface area contributed by atoms with E-state index in [0.29, 0.717) is 17.0 Å². The van der Waals surface area contributed by atoms with Gasteiger partial charge in [-0.25, -0.2) is 0 Å². The molecular weight excluding hydrogens is 207 g/mol. The average molecular weight is 214 g/mol. The van der Waals surface area contributed by atoms with Gasteiger partial charge in [0.25, 0.3) is 5.82 Å². The quantitative estimate of drug-likeness (QED) is 0.371. The van der Waals surface area contributed by atoms with Crippen LogP contribution in [0.3, 0.4) is 0 Å². The zero-order chi connectivity index (χ0) is 12.1. The molecule has 0 saturated carbocycles. The summed E-state index contributed by atoms with van der Waals surface area (Å²) in [5, 5.41) is 0. The first-order valence-electron chi connectivity index (χ1n) is 5.00. The van der Waals surface area contributed by atoms with Gasteiger partial charge in [0.1, 0.15) is 7.85 Å². The van der Waals surface area contributed by atoms with Crippen molar-refractivity contribution in [3.8, 4) is 11.8 Å². The molecule has 0 fully saturated rings. The largest absolute Gasteiger partial charge is 0.361 e. The van der Waals surface area contributed by atoms with Crippen molar-refractivity contribution in [3.05, 3.63) is 65.1 Å². The molecule has 0 atom stereocenters. The molecule has 2 aromatic rings. The van der Waals surface area contributed by atoms with E-state index < -0.39 is 0 Å². The van der Waals surface area contributed by atoms with Gasteiger partial charge in [-0.05, 0) is 29.6 Å². The molecule has 2 radical (unpaired) electrons. The SMILES string of the molecule is [B]c1ccc([N+]#[C-])nc1C#Cc1ccccc1. The summed E-state index contributed by atoms with van der Waals surface area (Å²) < 4.78 is 0. The van der Waals surface area contributed by atoms with Crippen molar-refractivity contribution in [1.82, 2.24) is 4.98 Å². The van der Waals surface area contributed by atoms with E-state index in [4.69, 9.17) is 14.4 Å². The Morgan fingerprint density at radius 3 is 2.53 bits per heavy atom. The van der Waals surface area contributed by atoms with Crippen LogP contribution in [-0.2, 0) is 0 Å². The fourth-order valence-corrected chi connectivity index (χ4v) is 1.27. The van der Waals surface area contributed by atoms with Gasteiger partial charge in [-0.15, -0.1) is 4.98 Å². The molecule has 0 aliphatic rings. The van der Waals surface area contributed by atoms with E-state index in [0.717, 1.165) is 5.56 Å². The van der Waals surface area contributed by atoms with E-state index in [1.54, 1.807) is 12.1 Å². The maximum atomic E-state index is 6.88. The van der Waals surface area contributed by atoms with Crippen molar-refractivity contribution >= 4 is 19.1 Å². The van der Waals surface area contributed by atoms with Crippen molar-refractivity contribution in [3.63, 3.8) is 0 Å². The third-order valence-corrected chi connectivity index (χ3v) is 2.13. The number of hydrogen-bond donors (Lipinski definition) is 0. The second-order valence-electron chi connectivity index (χ2n) is 3.34. The second kappa shape index (κ2) is 5.01. The summed E-state index contributed by atoms with van der Waals surface area (Å²) in [4.78, 5) is 7.30. The Labute approximate surface area is 102 Å². The molecule has 2 nitrogen and oxygen atoms in total. The summed E-state index contributed by atoms with van der Waals surface area (Å²) >= 11 is 0. The van der Waals surface area contributed by atoms with Gasteiger partial charge in [-0.2, -0.15) is 0 Å². The van der Waals surface area contributed by atoms with Gasteiger partial charge in [-0.3, -0.25) is 0 Å². The molecule has 0 bridgehead atoms. The van der Waals surface area contributed by atoms with E-state index >= 15 is 0 Å². The van der Waals surface area contributed by atoms with Crippen molar-refractivity contribution in [2.75, 3.05) is 0 Å². The fourth-order valence-electron chi connectivity index (χ4n) is 1.27. The molecule has 2 rings (SSSR count). The summed E-state index contributed by atoms with van der Waals surface area (Å²) in [5.41, 5.74) is 1.82. The lowest BCUT2D eigenvalue weighted by atomic mass is 9.94. The number of pyridine rings is 1. The van der Waals surface area contributed by atoms with Crippen LogP contribution in [0, 0.1) is 18.4 Å². The molecule has 1 aromatic carbocycles.